The maximum atomic E-state index is 6.16. The first-order valence-corrected chi connectivity index (χ1v) is 7.28. The average Bonchev–Trinajstić information content (AvgIpc) is 2.92. The Hall–Kier alpha value is -1.64. The lowest BCUT2D eigenvalue weighted by molar-refractivity contribution is 1.37. The van der Waals surface area contributed by atoms with E-state index in [2.05, 4.69) is 23.6 Å². The van der Waals surface area contributed by atoms with Crippen molar-refractivity contribution in [3.05, 3.63) is 64.5 Å². The van der Waals surface area contributed by atoms with E-state index in [1.807, 2.05) is 37.3 Å². The third-order valence-electron chi connectivity index (χ3n) is 3.07. The minimum absolute atomic E-state index is 0.786. The molecule has 3 heteroatoms. The number of rotatable bonds is 2. The molecule has 0 aliphatic heterocycles. The van der Waals surface area contributed by atoms with Crippen LogP contribution in [0.15, 0.2) is 53.9 Å². The van der Waals surface area contributed by atoms with E-state index in [1.54, 1.807) is 11.3 Å². The van der Waals surface area contributed by atoms with Crippen molar-refractivity contribution in [2.45, 2.75) is 6.92 Å². The van der Waals surface area contributed by atoms with Gasteiger partial charge in [0.1, 0.15) is 5.01 Å². The molecule has 0 atom stereocenters. The first kappa shape index (κ1) is 12.4. The molecule has 0 saturated carbocycles. The molecule has 0 saturated heterocycles. The molecule has 1 nitrogen and oxygen atoms in total. The number of thiazole rings is 1. The lowest BCUT2D eigenvalue weighted by Gasteiger charge is -2.03. The highest BCUT2D eigenvalue weighted by Gasteiger charge is 2.10. The molecule has 0 fully saturated rings. The van der Waals surface area contributed by atoms with Gasteiger partial charge in [-0.25, -0.2) is 4.98 Å². The SMILES string of the molecule is Cc1c(Cl)cccc1-c1nc(-c2ccccc2)cs1. The van der Waals surface area contributed by atoms with Crippen molar-refractivity contribution in [2.24, 2.45) is 0 Å². The zero-order valence-electron chi connectivity index (χ0n) is 10.4. The summed E-state index contributed by atoms with van der Waals surface area (Å²) < 4.78 is 0. The molecule has 0 amide bonds. The molecule has 1 heterocycles. The van der Waals surface area contributed by atoms with Crippen molar-refractivity contribution in [2.75, 3.05) is 0 Å². The summed E-state index contributed by atoms with van der Waals surface area (Å²) in [6.45, 7) is 2.03. The summed E-state index contributed by atoms with van der Waals surface area (Å²) in [6.07, 6.45) is 0. The number of aromatic nitrogens is 1. The number of hydrogen-bond acceptors (Lipinski definition) is 2. The normalized spacial score (nSPS) is 10.6. The first-order chi connectivity index (χ1) is 9.25. The lowest BCUT2D eigenvalue weighted by atomic mass is 10.1. The Morgan fingerprint density at radius 2 is 1.79 bits per heavy atom. The summed E-state index contributed by atoms with van der Waals surface area (Å²) in [4.78, 5) is 4.71. The van der Waals surface area contributed by atoms with Gasteiger partial charge in [-0.15, -0.1) is 11.3 Å². The van der Waals surface area contributed by atoms with Crippen molar-refractivity contribution in [3.63, 3.8) is 0 Å². The van der Waals surface area contributed by atoms with Crippen LogP contribution in [0.3, 0.4) is 0 Å². The van der Waals surface area contributed by atoms with Gasteiger partial charge < -0.3 is 0 Å². The maximum Gasteiger partial charge on any atom is 0.124 e. The second-order valence-corrected chi connectivity index (χ2v) is 5.58. The van der Waals surface area contributed by atoms with Crippen LogP contribution >= 0.6 is 22.9 Å². The number of hydrogen-bond donors (Lipinski definition) is 0. The molecule has 0 radical (unpaired) electrons. The van der Waals surface area contributed by atoms with Crippen LogP contribution in [0.2, 0.25) is 5.02 Å². The van der Waals surface area contributed by atoms with Crippen LogP contribution in [-0.4, -0.2) is 4.98 Å². The van der Waals surface area contributed by atoms with Gasteiger partial charge in [0.15, 0.2) is 0 Å². The minimum Gasteiger partial charge on any atom is -0.236 e. The predicted octanol–water partition coefficient (Wildman–Crippen LogP) is 5.44. The van der Waals surface area contributed by atoms with Crippen LogP contribution in [0.1, 0.15) is 5.56 Å². The van der Waals surface area contributed by atoms with E-state index in [9.17, 15) is 0 Å². The van der Waals surface area contributed by atoms with Gasteiger partial charge in [-0.2, -0.15) is 0 Å². The van der Waals surface area contributed by atoms with Gasteiger partial charge in [-0.3, -0.25) is 0 Å². The monoisotopic (exact) mass is 285 g/mol. The molecule has 3 aromatic rings. The largest absolute Gasteiger partial charge is 0.236 e. The van der Waals surface area contributed by atoms with E-state index in [0.717, 1.165) is 32.4 Å². The van der Waals surface area contributed by atoms with Crippen molar-refractivity contribution >= 4 is 22.9 Å². The van der Waals surface area contributed by atoms with Crippen LogP contribution in [0.25, 0.3) is 21.8 Å². The molecular weight excluding hydrogens is 274 g/mol. The maximum absolute atomic E-state index is 6.16. The zero-order chi connectivity index (χ0) is 13.2. The number of benzene rings is 2. The van der Waals surface area contributed by atoms with Gasteiger partial charge >= 0.3 is 0 Å². The second kappa shape index (κ2) is 5.16. The second-order valence-electron chi connectivity index (χ2n) is 4.32. The Balaban J connectivity index is 2.05. The Morgan fingerprint density at radius 3 is 2.58 bits per heavy atom. The highest BCUT2D eigenvalue weighted by Crippen LogP contribution is 2.33. The molecule has 0 aliphatic carbocycles. The van der Waals surface area contributed by atoms with Crippen LogP contribution < -0.4 is 0 Å². The van der Waals surface area contributed by atoms with E-state index in [1.165, 1.54) is 0 Å². The van der Waals surface area contributed by atoms with Crippen molar-refractivity contribution < 1.29 is 0 Å². The fourth-order valence-electron chi connectivity index (χ4n) is 1.98. The topological polar surface area (TPSA) is 12.9 Å². The van der Waals surface area contributed by atoms with Gasteiger partial charge in [0.05, 0.1) is 5.69 Å². The highest BCUT2D eigenvalue weighted by atomic mass is 35.5. The summed E-state index contributed by atoms with van der Waals surface area (Å²) in [5.74, 6) is 0. The Bertz CT molecular complexity index is 704. The minimum atomic E-state index is 0.786. The summed E-state index contributed by atoms with van der Waals surface area (Å²) in [7, 11) is 0. The standard InChI is InChI=1S/C16H12ClNS/c1-11-13(8-5-9-14(11)17)16-18-15(10-19-16)12-6-3-2-4-7-12/h2-10H,1H3. The molecule has 19 heavy (non-hydrogen) atoms. The van der Waals surface area contributed by atoms with Crippen LogP contribution in [0.4, 0.5) is 0 Å². The first-order valence-electron chi connectivity index (χ1n) is 6.02. The molecule has 0 aliphatic rings. The summed E-state index contributed by atoms with van der Waals surface area (Å²) >= 11 is 7.81. The van der Waals surface area contributed by atoms with Gasteiger partial charge in [-0.1, -0.05) is 54.1 Å². The summed E-state index contributed by atoms with van der Waals surface area (Å²) in [6, 6.07) is 16.2. The molecular formula is C16H12ClNS. The van der Waals surface area contributed by atoms with Gasteiger partial charge in [0.25, 0.3) is 0 Å². The molecule has 2 aromatic carbocycles. The van der Waals surface area contributed by atoms with E-state index < -0.39 is 0 Å². The average molecular weight is 286 g/mol. The van der Waals surface area contributed by atoms with Crippen LogP contribution in [-0.2, 0) is 0 Å². The van der Waals surface area contributed by atoms with Crippen LogP contribution in [0.5, 0.6) is 0 Å². The molecule has 0 bridgehead atoms. The fourth-order valence-corrected chi connectivity index (χ4v) is 3.06. The van der Waals surface area contributed by atoms with Gasteiger partial charge in [0.2, 0.25) is 0 Å². The number of nitrogens with zero attached hydrogens (tertiary/aromatic N) is 1. The van der Waals surface area contributed by atoms with E-state index in [-0.39, 0.29) is 0 Å². The van der Waals surface area contributed by atoms with Crippen LogP contribution in [0, 0.1) is 6.92 Å². The molecule has 94 valence electrons. The van der Waals surface area contributed by atoms with Gasteiger partial charge in [0, 0.05) is 21.5 Å². The van der Waals surface area contributed by atoms with E-state index in [0.29, 0.717) is 0 Å². The van der Waals surface area contributed by atoms with E-state index >= 15 is 0 Å². The smallest absolute Gasteiger partial charge is 0.124 e. The number of halogens is 1. The third kappa shape index (κ3) is 2.42. The molecule has 0 N–H and O–H groups in total. The summed E-state index contributed by atoms with van der Waals surface area (Å²) in [5.41, 5.74) is 4.35. The Kier molecular flexibility index (Phi) is 3.36. The predicted molar refractivity (Wildman–Crippen MR) is 82.7 cm³/mol. The zero-order valence-corrected chi connectivity index (χ0v) is 12.0. The van der Waals surface area contributed by atoms with Crippen molar-refractivity contribution in [1.82, 2.24) is 4.98 Å². The fraction of sp³-hybridized carbons (Fsp3) is 0.0625. The lowest BCUT2D eigenvalue weighted by Crippen LogP contribution is -1.84. The molecule has 1 aromatic heterocycles. The molecule has 3 rings (SSSR count). The Morgan fingerprint density at radius 1 is 1.00 bits per heavy atom. The third-order valence-corrected chi connectivity index (χ3v) is 4.36. The van der Waals surface area contributed by atoms with Gasteiger partial charge in [-0.05, 0) is 18.6 Å². The van der Waals surface area contributed by atoms with E-state index in [4.69, 9.17) is 16.6 Å². The summed E-state index contributed by atoms with van der Waals surface area (Å²) in [5, 5.41) is 3.89. The Labute approximate surface area is 121 Å². The molecule has 0 spiro atoms. The van der Waals surface area contributed by atoms with Crippen molar-refractivity contribution in [3.8, 4) is 21.8 Å². The van der Waals surface area contributed by atoms with Crippen molar-refractivity contribution in [1.29, 1.82) is 0 Å². The molecule has 0 unspecified atom stereocenters. The highest BCUT2D eigenvalue weighted by molar-refractivity contribution is 7.13. The quantitative estimate of drug-likeness (QED) is 0.611.